The molecule has 0 heterocycles. The minimum Gasteiger partial charge on any atom is -0.468 e. The maximum Gasteiger partial charge on any atom is 0.248 e. The first-order valence-electron chi connectivity index (χ1n) is 7.65. The van der Waals surface area contributed by atoms with E-state index in [1.165, 1.54) is 13.0 Å². The molecular formula is C19H20N2O4. The third-order valence-corrected chi connectivity index (χ3v) is 3.10. The van der Waals surface area contributed by atoms with Gasteiger partial charge in [0.1, 0.15) is 5.75 Å². The molecule has 0 fully saturated rings. The highest BCUT2D eigenvalue weighted by Crippen LogP contribution is 2.16. The zero-order valence-electron chi connectivity index (χ0n) is 14.1. The van der Waals surface area contributed by atoms with Gasteiger partial charge in [-0.1, -0.05) is 18.2 Å². The number of benzene rings is 2. The number of carbonyl (C=O) groups is 2. The summed E-state index contributed by atoms with van der Waals surface area (Å²) < 4.78 is 10.1. The van der Waals surface area contributed by atoms with Gasteiger partial charge in [0.05, 0.1) is 0 Å². The third kappa shape index (κ3) is 6.48. The Balaban J connectivity index is 1.93. The van der Waals surface area contributed by atoms with Gasteiger partial charge < -0.3 is 20.1 Å². The second-order valence-electron chi connectivity index (χ2n) is 5.20. The van der Waals surface area contributed by atoms with E-state index in [0.717, 1.165) is 5.56 Å². The average molecular weight is 340 g/mol. The van der Waals surface area contributed by atoms with Crippen LogP contribution in [0.5, 0.6) is 5.75 Å². The topological polar surface area (TPSA) is 76.7 Å². The molecule has 0 unspecified atom stereocenters. The molecule has 0 saturated heterocycles. The zero-order chi connectivity index (χ0) is 18.1. The second-order valence-corrected chi connectivity index (χ2v) is 5.20. The fourth-order valence-electron chi connectivity index (χ4n) is 2.04. The third-order valence-electron chi connectivity index (χ3n) is 3.10. The molecule has 0 atom stereocenters. The molecule has 2 aromatic carbocycles. The van der Waals surface area contributed by atoms with E-state index in [1.807, 2.05) is 12.1 Å². The highest BCUT2D eigenvalue weighted by atomic mass is 16.7. The molecule has 2 amide bonds. The number of methoxy groups -OCH3 is 1. The van der Waals surface area contributed by atoms with Crippen LogP contribution in [0, 0.1) is 0 Å². The van der Waals surface area contributed by atoms with Gasteiger partial charge in [-0.05, 0) is 42.0 Å². The van der Waals surface area contributed by atoms with Gasteiger partial charge in [0.25, 0.3) is 0 Å². The van der Waals surface area contributed by atoms with Gasteiger partial charge in [-0.25, -0.2) is 0 Å². The van der Waals surface area contributed by atoms with Gasteiger partial charge in [-0.15, -0.1) is 0 Å². The van der Waals surface area contributed by atoms with Crippen molar-refractivity contribution in [3.8, 4) is 5.75 Å². The fraction of sp³-hybridized carbons (Fsp3) is 0.158. The first-order chi connectivity index (χ1) is 12.1. The van der Waals surface area contributed by atoms with Crippen LogP contribution in [0.2, 0.25) is 0 Å². The van der Waals surface area contributed by atoms with E-state index in [4.69, 9.17) is 9.47 Å². The molecule has 0 aliphatic carbocycles. The molecule has 0 bridgehead atoms. The number of rotatable bonds is 7. The molecule has 2 aromatic rings. The summed E-state index contributed by atoms with van der Waals surface area (Å²) in [7, 11) is 1.56. The molecule has 6 heteroatoms. The molecule has 25 heavy (non-hydrogen) atoms. The number of hydrogen-bond donors (Lipinski definition) is 2. The molecule has 0 radical (unpaired) electrons. The summed E-state index contributed by atoms with van der Waals surface area (Å²) in [5.41, 5.74) is 2.09. The van der Waals surface area contributed by atoms with Crippen LogP contribution < -0.4 is 15.4 Å². The molecule has 0 aliphatic rings. The summed E-state index contributed by atoms with van der Waals surface area (Å²) >= 11 is 0. The molecular weight excluding hydrogens is 320 g/mol. The van der Waals surface area contributed by atoms with E-state index >= 15 is 0 Å². The standard InChI is InChI=1S/C19H20N2O4/c1-14(22)20-16-4-3-5-17(12-16)21-19(23)11-8-15-6-9-18(10-7-15)25-13-24-2/h3-12H,13H2,1-2H3,(H,20,22)(H,21,23)/b11-8+. The number of amides is 2. The van der Waals surface area contributed by atoms with Crippen molar-refractivity contribution in [1.82, 2.24) is 0 Å². The van der Waals surface area contributed by atoms with Crippen molar-refractivity contribution < 1.29 is 19.1 Å². The van der Waals surface area contributed by atoms with Gasteiger partial charge >= 0.3 is 0 Å². The molecule has 2 N–H and O–H groups in total. The van der Waals surface area contributed by atoms with Crippen molar-refractivity contribution in [2.75, 3.05) is 24.5 Å². The van der Waals surface area contributed by atoms with Crippen LogP contribution in [0.4, 0.5) is 11.4 Å². The van der Waals surface area contributed by atoms with Crippen LogP contribution in [0.1, 0.15) is 12.5 Å². The maximum atomic E-state index is 12.0. The van der Waals surface area contributed by atoms with Crippen LogP contribution in [0.25, 0.3) is 6.08 Å². The lowest BCUT2D eigenvalue weighted by atomic mass is 10.2. The van der Waals surface area contributed by atoms with Crippen molar-refractivity contribution in [2.24, 2.45) is 0 Å². The SMILES string of the molecule is COCOc1ccc(/C=C/C(=O)Nc2cccc(NC(C)=O)c2)cc1. The summed E-state index contributed by atoms with van der Waals surface area (Å²) in [6.45, 7) is 1.62. The Hall–Kier alpha value is -3.12. The van der Waals surface area contributed by atoms with Crippen molar-refractivity contribution in [2.45, 2.75) is 6.92 Å². The summed E-state index contributed by atoms with van der Waals surface area (Å²) in [6, 6.07) is 14.2. The fourth-order valence-corrected chi connectivity index (χ4v) is 2.04. The maximum absolute atomic E-state index is 12.0. The van der Waals surface area contributed by atoms with E-state index in [1.54, 1.807) is 49.6 Å². The molecule has 130 valence electrons. The number of anilines is 2. The number of ether oxygens (including phenoxy) is 2. The second kappa shape index (κ2) is 9.24. The monoisotopic (exact) mass is 340 g/mol. The summed E-state index contributed by atoms with van der Waals surface area (Å²) in [5, 5.41) is 5.41. The van der Waals surface area contributed by atoms with Gasteiger partial charge in [-0.2, -0.15) is 0 Å². The normalized spacial score (nSPS) is 10.5. The Labute approximate surface area is 146 Å². The van der Waals surface area contributed by atoms with E-state index in [-0.39, 0.29) is 18.6 Å². The summed E-state index contributed by atoms with van der Waals surface area (Å²) in [6.07, 6.45) is 3.14. The van der Waals surface area contributed by atoms with Crippen molar-refractivity contribution in [1.29, 1.82) is 0 Å². The molecule has 6 nitrogen and oxygen atoms in total. The van der Waals surface area contributed by atoms with Crippen LogP contribution in [0.3, 0.4) is 0 Å². The van der Waals surface area contributed by atoms with Crippen molar-refractivity contribution in [3.05, 3.63) is 60.2 Å². The molecule has 2 rings (SSSR count). The number of carbonyl (C=O) groups excluding carboxylic acids is 2. The lowest BCUT2D eigenvalue weighted by Gasteiger charge is -2.06. The van der Waals surface area contributed by atoms with E-state index in [2.05, 4.69) is 10.6 Å². The van der Waals surface area contributed by atoms with Crippen molar-refractivity contribution in [3.63, 3.8) is 0 Å². The Bertz CT molecular complexity index is 754. The van der Waals surface area contributed by atoms with E-state index < -0.39 is 0 Å². The predicted molar refractivity (Wildman–Crippen MR) is 97.4 cm³/mol. The Morgan fingerprint density at radius 2 is 1.72 bits per heavy atom. The minimum atomic E-state index is -0.264. The Morgan fingerprint density at radius 3 is 2.36 bits per heavy atom. The lowest BCUT2D eigenvalue weighted by Crippen LogP contribution is -2.09. The zero-order valence-corrected chi connectivity index (χ0v) is 14.1. The van der Waals surface area contributed by atoms with Gasteiger partial charge in [0.2, 0.25) is 11.8 Å². The number of nitrogens with one attached hydrogen (secondary N) is 2. The van der Waals surface area contributed by atoms with Crippen LogP contribution in [-0.4, -0.2) is 25.7 Å². The smallest absolute Gasteiger partial charge is 0.248 e. The largest absolute Gasteiger partial charge is 0.468 e. The quantitative estimate of drug-likeness (QED) is 0.599. The first-order valence-corrected chi connectivity index (χ1v) is 7.65. The van der Waals surface area contributed by atoms with E-state index in [0.29, 0.717) is 17.1 Å². The molecule has 0 spiro atoms. The first kappa shape index (κ1) is 18.2. The summed E-state index contributed by atoms with van der Waals surface area (Å²) in [4.78, 5) is 23.1. The van der Waals surface area contributed by atoms with Crippen LogP contribution in [0.15, 0.2) is 54.6 Å². The Kier molecular flexibility index (Phi) is 6.74. The predicted octanol–water partition coefficient (Wildman–Crippen LogP) is 3.28. The highest BCUT2D eigenvalue weighted by Gasteiger charge is 2.01. The van der Waals surface area contributed by atoms with Gasteiger partial charge in [0.15, 0.2) is 6.79 Å². The van der Waals surface area contributed by atoms with Gasteiger partial charge in [-0.3, -0.25) is 9.59 Å². The molecule has 0 aromatic heterocycles. The Morgan fingerprint density at radius 1 is 1.04 bits per heavy atom. The molecule has 0 aliphatic heterocycles. The average Bonchev–Trinajstić information content (AvgIpc) is 2.59. The number of hydrogen-bond acceptors (Lipinski definition) is 4. The van der Waals surface area contributed by atoms with E-state index in [9.17, 15) is 9.59 Å². The summed E-state index contributed by atoms with van der Waals surface area (Å²) in [5.74, 6) is 0.263. The van der Waals surface area contributed by atoms with Crippen LogP contribution in [-0.2, 0) is 14.3 Å². The minimum absolute atomic E-state index is 0.165. The molecule has 0 saturated carbocycles. The van der Waals surface area contributed by atoms with Gasteiger partial charge in [0, 0.05) is 31.5 Å². The lowest BCUT2D eigenvalue weighted by molar-refractivity contribution is -0.114. The van der Waals surface area contributed by atoms with Crippen LogP contribution >= 0.6 is 0 Å². The van der Waals surface area contributed by atoms with Crippen molar-refractivity contribution >= 4 is 29.3 Å². The highest BCUT2D eigenvalue weighted by molar-refractivity contribution is 6.02.